The molecule has 0 spiro atoms. The molecule has 0 aromatic heterocycles. The average molecular weight is 196 g/mol. The molecule has 82 valence electrons. The lowest BCUT2D eigenvalue weighted by Crippen LogP contribution is -2.33. The average Bonchev–Trinajstić information content (AvgIpc) is 2.90. The van der Waals surface area contributed by atoms with Crippen molar-refractivity contribution in [2.75, 3.05) is 32.7 Å². The molecule has 0 bridgehead atoms. The lowest BCUT2D eigenvalue weighted by Gasteiger charge is -2.25. The zero-order valence-electron chi connectivity index (χ0n) is 9.63. The maximum atomic E-state index is 3.49. The quantitative estimate of drug-likeness (QED) is 0.718. The van der Waals surface area contributed by atoms with Crippen molar-refractivity contribution in [2.24, 2.45) is 17.8 Å². The fourth-order valence-corrected chi connectivity index (χ4v) is 2.44. The van der Waals surface area contributed by atoms with E-state index >= 15 is 0 Å². The molecule has 2 heteroatoms. The van der Waals surface area contributed by atoms with Crippen molar-refractivity contribution >= 4 is 0 Å². The predicted molar refractivity (Wildman–Crippen MR) is 60.4 cm³/mol. The molecule has 1 N–H and O–H groups in total. The van der Waals surface area contributed by atoms with Crippen LogP contribution in [0.15, 0.2) is 0 Å². The monoisotopic (exact) mass is 196 g/mol. The van der Waals surface area contributed by atoms with Crippen LogP contribution in [0.25, 0.3) is 0 Å². The summed E-state index contributed by atoms with van der Waals surface area (Å²) in [6.45, 7) is 11.1. The van der Waals surface area contributed by atoms with Gasteiger partial charge in [-0.1, -0.05) is 13.8 Å². The Kier molecular flexibility index (Phi) is 3.45. The van der Waals surface area contributed by atoms with Crippen LogP contribution in [-0.2, 0) is 0 Å². The SMILES string of the molecule is CCN(CC1CC1)CC1CNCC1C. The van der Waals surface area contributed by atoms with Crippen LogP contribution in [0, 0.1) is 17.8 Å². The molecule has 1 heterocycles. The van der Waals surface area contributed by atoms with Gasteiger partial charge >= 0.3 is 0 Å². The van der Waals surface area contributed by atoms with Gasteiger partial charge in [0.1, 0.15) is 0 Å². The fraction of sp³-hybridized carbons (Fsp3) is 1.00. The molecular formula is C12H24N2. The molecule has 2 nitrogen and oxygen atoms in total. The maximum Gasteiger partial charge on any atom is 0.00248 e. The number of hydrogen-bond donors (Lipinski definition) is 1. The fourth-order valence-electron chi connectivity index (χ4n) is 2.44. The van der Waals surface area contributed by atoms with Crippen molar-refractivity contribution in [3.8, 4) is 0 Å². The summed E-state index contributed by atoms with van der Waals surface area (Å²) in [4.78, 5) is 2.66. The maximum absolute atomic E-state index is 3.49. The zero-order chi connectivity index (χ0) is 9.97. The van der Waals surface area contributed by atoms with Gasteiger partial charge < -0.3 is 10.2 Å². The lowest BCUT2D eigenvalue weighted by molar-refractivity contribution is 0.220. The number of hydrogen-bond acceptors (Lipinski definition) is 2. The minimum absolute atomic E-state index is 0.878. The molecule has 2 fully saturated rings. The number of nitrogens with one attached hydrogen (secondary N) is 1. The second kappa shape index (κ2) is 4.63. The molecule has 1 aliphatic carbocycles. The highest BCUT2D eigenvalue weighted by atomic mass is 15.1. The van der Waals surface area contributed by atoms with Crippen LogP contribution in [0.4, 0.5) is 0 Å². The summed E-state index contributed by atoms with van der Waals surface area (Å²) in [5.41, 5.74) is 0. The first-order valence-corrected chi connectivity index (χ1v) is 6.22. The van der Waals surface area contributed by atoms with Gasteiger partial charge in [0.15, 0.2) is 0 Å². The molecule has 2 atom stereocenters. The Morgan fingerprint density at radius 3 is 2.50 bits per heavy atom. The molecule has 0 aromatic carbocycles. The second-order valence-corrected chi connectivity index (χ2v) is 5.19. The molecule has 2 unspecified atom stereocenters. The van der Waals surface area contributed by atoms with Crippen molar-refractivity contribution in [2.45, 2.75) is 26.7 Å². The van der Waals surface area contributed by atoms with E-state index in [0.717, 1.165) is 17.8 Å². The third-order valence-electron chi connectivity index (χ3n) is 3.83. The van der Waals surface area contributed by atoms with Crippen LogP contribution in [0.2, 0.25) is 0 Å². The highest BCUT2D eigenvalue weighted by Gasteiger charge is 2.28. The van der Waals surface area contributed by atoms with Gasteiger partial charge in [0, 0.05) is 13.1 Å². The van der Waals surface area contributed by atoms with Gasteiger partial charge in [0.2, 0.25) is 0 Å². The molecule has 1 saturated carbocycles. The van der Waals surface area contributed by atoms with E-state index in [1.165, 1.54) is 45.6 Å². The summed E-state index contributed by atoms with van der Waals surface area (Å²) >= 11 is 0. The van der Waals surface area contributed by atoms with Gasteiger partial charge in [0.05, 0.1) is 0 Å². The summed E-state index contributed by atoms with van der Waals surface area (Å²) in [6.07, 6.45) is 2.96. The number of rotatable bonds is 5. The Bertz CT molecular complexity index is 177. The Balaban J connectivity index is 1.74. The van der Waals surface area contributed by atoms with E-state index in [9.17, 15) is 0 Å². The molecule has 14 heavy (non-hydrogen) atoms. The predicted octanol–water partition coefficient (Wildman–Crippen LogP) is 1.57. The third kappa shape index (κ3) is 2.71. The Morgan fingerprint density at radius 2 is 2.00 bits per heavy atom. The van der Waals surface area contributed by atoms with E-state index < -0.39 is 0 Å². The highest BCUT2D eigenvalue weighted by Crippen LogP contribution is 2.30. The molecule has 0 radical (unpaired) electrons. The number of nitrogens with zero attached hydrogens (tertiary/aromatic N) is 1. The van der Waals surface area contributed by atoms with E-state index in [1.807, 2.05) is 0 Å². The molecule has 1 saturated heterocycles. The van der Waals surface area contributed by atoms with E-state index in [4.69, 9.17) is 0 Å². The summed E-state index contributed by atoms with van der Waals surface area (Å²) in [7, 11) is 0. The van der Waals surface area contributed by atoms with E-state index in [1.54, 1.807) is 0 Å². The first-order valence-electron chi connectivity index (χ1n) is 6.22. The van der Waals surface area contributed by atoms with Crippen molar-refractivity contribution < 1.29 is 0 Å². The van der Waals surface area contributed by atoms with Crippen LogP contribution in [-0.4, -0.2) is 37.6 Å². The van der Waals surface area contributed by atoms with Crippen molar-refractivity contribution in [3.05, 3.63) is 0 Å². The van der Waals surface area contributed by atoms with Crippen LogP contribution in [0.5, 0.6) is 0 Å². The Hall–Kier alpha value is -0.0800. The Labute approximate surface area is 88.1 Å². The van der Waals surface area contributed by atoms with Gasteiger partial charge in [0.25, 0.3) is 0 Å². The van der Waals surface area contributed by atoms with Crippen molar-refractivity contribution in [1.82, 2.24) is 10.2 Å². The zero-order valence-corrected chi connectivity index (χ0v) is 9.63. The highest BCUT2D eigenvalue weighted by molar-refractivity contribution is 4.83. The largest absolute Gasteiger partial charge is 0.316 e. The van der Waals surface area contributed by atoms with Gasteiger partial charge in [-0.15, -0.1) is 0 Å². The normalized spacial score (nSPS) is 32.8. The standard InChI is InChI=1S/C12H24N2/c1-3-14(8-11-4-5-11)9-12-7-13-6-10(12)2/h10-13H,3-9H2,1-2H3. The van der Waals surface area contributed by atoms with Crippen LogP contribution in [0.3, 0.4) is 0 Å². The van der Waals surface area contributed by atoms with Crippen LogP contribution < -0.4 is 5.32 Å². The van der Waals surface area contributed by atoms with E-state index in [-0.39, 0.29) is 0 Å². The Morgan fingerprint density at radius 1 is 1.21 bits per heavy atom. The topological polar surface area (TPSA) is 15.3 Å². The third-order valence-corrected chi connectivity index (χ3v) is 3.83. The molecule has 0 aromatic rings. The first kappa shape index (κ1) is 10.4. The molecule has 2 aliphatic rings. The minimum Gasteiger partial charge on any atom is -0.316 e. The smallest absolute Gasteiger partial charge is 0.00248 e. The summed E-state index contributed by atoms with van der Waals surface area (Å²) in [6, 6.07) is 0. The molecular weight excluding hydrogens is 172 g/mol. The van der Waals surface area contributed by atoms with Gasteiger partial charge in [-0.05, 0) is 50.2 Å². The first-order chi connectivity index (χ1) is 6.79. The summed E-state index contributed by atoms with van der Waals surface area (Å²) < 4.78 is 0. The summed E-state index contributed by atoms with van der Waals surface area (Å²) in [5, 5.41) is 3.49. The minimum atomic E-state index is 0.878. The molecule has 2 rings (SSSR count). The van der Waals surface area contributed by atoms with Crippen molar-refractivity contribution in [1.29, 1.82) is 0 Å². The van der Waals surface area contributed by atoms with Crippen LogP contribution in [0.1, 0.15) is 26.7 Å². The van der Waals surface area contributed by atoms with Crippen molar-refractivity contribution in [3.63, 3.8) is 0 Å². The molecule has 1 aliphatic heterocycles. The van der Waals surface area contributed by atoms with E-state index in [0.29, 0.717) is 0 Å². The van der Waals surface area contributed by atoms with Gasteiger partial charge in [-0.2, -0.15) is 0 Å². The second-order valence-electron chi connectivity index (χ2n) is 5.19. The lowest BCUT2D eigenvalue weighted by atomic mass is 9.97. The van der Waals surface area contributed by atoms with Crippen LogP contribution >= 0.6 is 0 Å². The van der Waals surface area contributed by atoms with Gasteiger partial charge in [-0.25, -0.2) is 0 Å². The summed E-state index contributed by atoms with van der Waals surface area (Å²) in [5.74, 6) is 2.82. The van der Waals surface area contributed by atoms with E-state index in [2.05, 4.69) is 24.1 Å². The molecule has 0 amide bonds. The van der Waals surface area contributed by atoms with Gasteiger partial charge in [-0.3, -0.25) is 0 Å².